The Balaban J connectivity index is -0.000000329. The summed E-state index contributed by atoms with van der Waals surface area (Å²) in [6, 6.07) is 8.14. The predicted molar refractivity (Wildman–Crippen MR) is 189 cm³/mol. The van der Waals surface area contributed by atoms with Gasteiger partial charge in [-0.25, -0.2) is 0 Å². The quantitative estimate of drug-likeness (QED) is 0.0493. The average molecular weight is 954 g/mol. The lowest BCUT2D eigenvalue weighted by Gasteiger charge is -2.56. The summed E-state index contributed by atoms with van der Waals surface area (Å²) in [5.74, 6) is -0.367. The third-order valence-corrected chi connectivity index (χ3v) is 8.41. The lowest BCUT2D eigenvalue weighted by molar-refractivity contribution is -0.385. The van der Waals surface area contributed by atoms with E-state index in [0.717, 1.165) is 0 Å². The highest BCUT2D eigenvalue weighted by atomic mass is 31.2. The molecule has 1 saturated carbocycles. The number of carbonyl (C=O) groups is 1. The molecule has 0 aliphatic heterocycles. The van der Waals surface area contributed by atoms with Crippen LogP contribution in [0.5, 0.6) is 0 Å². The van der Waals surface area contributed by atoms with Crippen LogP contribution >= 0.6 is 39.1 Å². The van der Waals surface area contributed by atoms with Crippen LogP contribution in [0.25, 0.3) is 0 Å². The number of carbonyl (C=O) groups excluding carboxylic acids is 1. The normalized spacial score (nSPS) is 20.3. The summed E-state index contributed by atoms with van der Waals surface area (Å²) in [5.41, 5.74) is 0.393. The summed E-state index contributed by atoms with van der Waals surface area (Å²) < 4.78 is 82.8. The molecule has 0 heterocycles. The van der Waals surface area contributed by atoms with Crippen molar-refractivity contribution in [2.45, 2.75) is 62.3 Å². The van der Waals surface area contributed by atoms with Gasteiger partial charge in [0.2, 0.25) is 0 Å². The minimum Gasteiger partial charge on any atom is -0.790 e. The Hall–Kier alpha value is -1.20. The first-order chi connectivity index (χ1) is 21.4. The molecule has 0 radical (unpaired) electrons. The van der Waals surface area contributed by atoms with E-state index >= 15 is 0 Å². The summed E-state index contributed by atoms with van der Waals surface area (Å²) in [6.45, 7) is -0.485. The Bertz CT molecular complexity index is 1370. The second-order valence-corrected chi connectivity index (χ2v) is 15.0. The van der Waals surface area contributed by atoms with E-state index < -0.39 is 82.3 Å². The van der Waals surface area contributed by atoms with Gasteiger partial charge in [0.05, 0.1) is 39.1 Å². The van der Waals surface area contributed by atoms with E-state index in [0.29, 0.717) is 18.4 Å². The predicted octanol–water partition coefficient (Wildman–Crippen LogP) is -2.79. The Kier molecular flexibility index (Phi) is 42.5. The van der Waals surface area contributed by atoms with Crippen molar-refractivity contribution in [3.05, 3.63) is 35.9 Å². The van der Waals surface area contributed by atoms with Crippen molar-refractivity contribution in [3.63, 3.8) is 0 Å². The summed E-state index contributed by atoms with van der Waals surface area (Å²) in [5, 5.41) is 2.64. The first kappa shape index (κ1) is 76.5. The van der Waals surface area contributed by atoms with Crippen LogP contribution in [0.15, 0.2) is 30.3 Å². The maximum atomic E-state index is 12.1. The zero-order chi connectivity index (χ0) is 35.8. The summed E-state index contributed by atoms with van der Waals surface area (Å²) in [6.07, 6.45) is -17.7. The van der Waals surface area contributed by atoms with Gasteiger partial charge < -0.3 is 166 Å². The van der Waals surface area contributed by atoms with Crippen LogP contribution in [-0.4, -0.2) is 55.7 Å². The van der Waals surface area contributed by atoms with Crippen molar-refractivity contribution in [2.75, 3.05) is 13.2 Å². The first-order valence-electron chi connectivity index (χ1n) is 12.8. The zero-order valence-electron chi connectivity index (χ0n) is 33.3. The second kappa shape index (κ2) is 31.6. The fourth-order valence-corrected chi connectivity index (χ4v) is 7.04. The summed E-state index contributed by atoms with van der Waals surface area (Å²) >= 11 is 0. The van der Waals surface area contributed by atoms with E-state index in [1.165, 1.54) is 0 Å². The molecule has 1 amide bonds. The number of hydrogen-bond donors (Lipinski definition) is 11. The Morgan fingerprint density at radius 2 is 0.737 bits per heavy atom. The van der Waals surface area contributed by atoms with Crippen molar-refractivity contribution < 1.29 is 104 Å². The van der Waals surface area contributed by atoms with Gasteiger partial charge in [-0.05, 0) is 25.0 Å². The standard InChI is InChI=1S/C19H34NO22P5.10H3N/c21-19(12-8-4-3-5-9-12)20-10-6-1-2-7-11-37-13-14(38-43(22,23)24)16(40-45(28,29)30)18(42-47(34,35)36)17(41-46(31,32)33)15(13)39-44(25,26)27;;;;;;;;;;/h3-5,8-9,13-18H,1-2,6-7,10-11H2,(H,20,21)(H2,22,23,24)(H2,25,26,27)(H2,28,29,30)(H2,31,32,33)(H2,34,35,36);10*1H3/t13?,14-,15+,16+,17-,18?;;;;;;;;;;. The lowest BCUT2D eigenvalue weighted by atomic mass is 9.85. The third kappa shape index (κ3) is 30.5. The van der Waals surface area contributed by atoms with Gasteiger partial charge in [0, 0.05) is 18.7 Å². The van der Waals surface area contributed by atoms with Crippen LogP contribution in [0.4, 0.5) is 0 Å². The van der Waals surface area contributed by atoms with Crippen molar-refractivity contribution in [3.8, 4) is 0 Å². The molecule has 33 nitrogen and oxygen atoms in total. The molecular weight excluding hydrogens is 889 g/mol. The van der Waals surface area contributed by atoms with Gasteiger partial charge in [-0.1, -0.05) is 31.0 Å². The van der Waals surface area contributed by atoms with Gasteiger partial charge in [0.25, 0.3) is 5.91 Å². The van der Waals surface area contributed by atoms with E-state index in [4.69, 9.17) is 4.74 Å². The van der Waals surface area contributed by atoms with Crippen molar-refractivity contribution in [1.29, 1.82) is 0 Å². The molecule has 1 aliphatic rings. The van der Waals surface area contributed by atoms with Gasteiger partial charge in [0.15, 0.2) is 0 Å². The maximum absolute atomic E-state index is 12.1. The molecule has 0 saturated heterocycles. The highest BCUT2D eigenvalue weighted by Crippen LogP contribution is 2.50. The van der Waals surface area contributed by atoms with Crippen molar-refractivity contribution in [1.82, 2.24) is 66.8 Å². The van der Waals surface area contributed by atoms with Gasteiger partial charge in [-0.3, -0.25) is 4.79 Å². The van der Waals surface area contributed by atoms with E-state index in [1.807, 2.05) is 0 Å². The van der Waals surface area contributed by atoms with Crippen LogP contribution in [0.3, 0.4) is 0 Å². The number of phosphoric acid groups is 5. The molecule has 0 bridgehead atoms. The number of rotatable bonds is 19. The molecule has 1 aromatic carbocycles. The molecule has 2 rings (SSSR count). The van der Waals surface area contributed by atoms with E-state index in [2.05, 4.69) is 27.9 Å². The van der Waals surface area contributed by atoms with E-state index in [-0.39, 0.29) is 86.8 Å². The molecule has 352 valence electrons. The fraction of sp³-hybridized carbons (Fsp3) is 0.632. The molecule has 6 atom stereocenters. The number of unbranched alkanes of at least 4 members (excludes halogenated alkanes) is 3. The maximum Gasteiger partial charge on any atom is 0.251 e. The summed E-state index contributed by atoms with van der Waals surface area (Å²) in [4.78, 5) is 127. The average Bonchev–Trinajstić information content (AvgIpc) is 2.88. The monoisotopic (exact) mass is 953 g/mol. The van der Waals surface area contributed by atoms with E-state index in [9.17, 15) is 76.6 Å². The largest absolute Gasteiger partial charge is 0.790 e. The number of ether oxygens (including phenoxy) is 1. The Morgan fingerprint density at radius 3 is 1.04 bits per heavy atom. The molecule has 38 heteroatoms. The molecule has 2 unspecified atom stereocenters. The van der Waals surface area contributed by atoms with Crippen LogP contribution in [0, 0.1) is 0 Å². The molecule has 57 heavy (non-hydrogen) atoms. The number of quaternary nitrogens is 10. The molecule has 0 spiro atoms. The topological polar surface area (TPSA) is 765 Å². The number of hydrogen-bond acceptors (Lipinski definition) is 22. The zero-order valence-corrected chi connectivity index (χ0v) is 37.8. The SMILES string of the molecule is O=C(NCCCCCCOC1[C@@H](OP(=O)([O-])[O-])[C@H](OP(=O)([O-])[O-])C(OP(=O)([O-])[O-])[C@H](OP(=O)([O-])[O-])[C@H]1OP(=O)([O-])[O-])c1ccccc1.[NH4+].[NH4+].[NH4+].[NH4+].[NH4+].[NH4+].[NH4+].[NH4+].[NH4+].[NH4+]. The molecular formula is C19H64N11O22P5. The van der Waals surface area contributed by atoms with Crippen LogP contribution in [0.2, 0.25) is 0 Å². The van der Waals surface area contributed by atoms with Gasteiger partial charge in [-0.15, -0.1) is 0 Å². The minimum atomic E-state index is -6.55. The van der Waals surface area contributed by atoms with E-state index in [1.54, 1.807) is 30.3 Å². The number of phosphoric ester groups is 5. The van der Waals surface area contributed by atoms with Crippen molar-refractivity contribution in [2.24, 2.45) is 0 Å². The summed E-state index contributed by atoms with van der Waals surface area (Å²) in [7, 11) is -32.5. The Labute approximate surface area is 327 Å². The second-order valence-electron chi connectivity index (χ2n) is 9.46. The molecule has 0 aromatic heterocycles. The van der Waals surface area contributed by atoms with Gasteiger partial charge >= 0.3 is 0 Å². The molecule has 1 fully saturated rings. The van der Waals surface area contributed by atoms with Gasteiger partial charge in [0.1, 0.15) is 36.6 Å². The van der Waals surface area contributed by atoms with Crippen LogP contribution in [0.1, 0.15) is 36.0 Å². The highest BCUT2D eigenvalue weighted by Gasteiger charge is 2.56. The van der Waals surface area contributed by atoms with Crippen LogP contribution < -0.4 is 116 Å². The molecule has 1 aromatic rings. The van der Waals surface area contributed by atoms with Gasteiger partial charge in [-0.2, -0.15) is 0 Å². The lowest BCUT2D eigenvalue weighted by Crippen LogP contribution is -2.68. The number of amides is 1. The molecule has 41 N–H and O–H groups in total. The Morgan fingerprint density at radius 1 is 0.456 bits per heavy atom. The smallest absolute Gasteiger partial charge is 0.251 e. The number of benzene rings is 1. The molecule has 1 aliphatic carbocycles. The minimum absolute atomic E-state index is 0. The fourth-order valence-electron chi connectivity index (χ4n) is 4.35. The highest BCUT2D eigenvalue weighted by molar-refractivity contribution is 7.44. The van der Waals surface area contributed by atoms with Crippen LogP contribution in [-0.2, 0) is 50.2 Å². The third-order valence-electron chi connectivity index (χ3n) is 5.90. The number of nitrogens with one attached hydrogen (secondary N) is 1. The first-order valence-corrected chi connectivity index (χ1v) is 20.1. The van der Waals surface area contributed by atoms with Crippen molar-refractivity contribution >= 4 is 45.0 Å².